The van der Waals surface area contributed by atoms with Gasteiger partial charge in [0.05, 0.1) is 27.6 Å². The van der Waals surface area contributed by atoms with Gasteiger partial charge in [-0.1, -0.05) is 0 Å². The van der Waals surface area contributed by atoms with Crippen LogP contribution in [0.2, 0.25) is 0 Å². The number of halogens is 2. The van der Waals surface area contributed by atoms with Crippen LogP contribution in [-0.4, -0.2) is 111 Å². The van der Waals surface area contributed by atoms with E-state index in [1.54, 1.807) is 15.9 Å². The lowest BCUT2D eigenvalue weighted by molar-refractivity contribution is -0.137. The number of amides is 5. The molecule has 2 aromatic rings. The Morgan fingerprint density at radius 2 is 1.62 bits per heavy atom. The van der Waals surface area contributed by atoms with Crippen molar-refractivity contribution in [2.45, 2.75) is 42.5 Å². The Kier molecular flexibility index (Phi) is 7.35. The largest absolute Gasteiger partial charge is 0.385 e. The van der Waals surface area contributed by atoms with Crippen molar-refractivity contribution in [2.75, 3.05) is 55.3 Å². The van der Waals surface area contributed by atoms with E-state index in [0.717, 1.165) is 17.2 Å². The summed E-state index contributed by atoms with van der Waals surface area (Å²) >= 11 is 0. The third-order valence-electron chi connectivity index (χ3n) is 9.74. The number of aliphatic hydroxyl groups excluding tert-OH is 1. The first-order valence-electron chi connectivity index (χ1n) is 15.3. The number of imide groups is 2. The van der Waals surface area contributed by atoms with Gasteiger partial charge >= 0.3 is 0 Å². The summed E-state index contributed by atoms with van der Waals surface area (Å²) in [4.78, 5) is 69.3. The number of nitrogens with zero attached hydrogens (tertiary/aromatic N) is 4. The molecule has 0 spiro atoms. The zero-order valence-electron chi connectivity index (χ0n) is 25.2. The molecule has 2 unspecified atom stereocenters. The Balaban J connectivity index is 0.997. The van der Waals surface area contributed by atoms with Crippen molar-refractivity contribution in [1.29, 1.82) is 0 Å². The van der Waals surface area contributed by atoms with E-state index in [9.17, 15) is 41.9 Å². The smallest absolute Gasteiger partial charge is 0.262 e. The molecule has 4 aliphatic heterocycles. The van der Waals surface area contributed by atoms with Crippen molar-refractivity contribution in [3.8, 4) is 0 Å². The van der Waals surface area contributed by atoms with E-state index in [-0.39, 0.29) is 84.5 Å². The van der Waals surface area contributed by atoms with Gasteiger partial charge in [-0.3, -0.25) is 34.2 Å². The number of nitrogens with one attached hydrogen (secondary N) is 1. The van der Waals surface area contributed by atoms with E-state index in [4.69, 9.17) is 0 Å². The maximum Gasteiger partial charge on any atom is 0.262 e. The molecule has 0 radical (unpaired) electrons. The second-order valence-corrected chi connectivity index (χ2v) is 14.6. The number of carbonyl (C=O) groups is 5. The van der Waals surface area contributed by atoms with Crippen molar-refractivity contribution in [3.63, 3.8) is 0 Å². The summed E-state index contributed by atoms with van der Waals surface area (Å²) in [7, 11) is -3.69. The number of sulfone groups is 1. The molecule has 3 atom stereocenters. The maximum absolute atomic E-state index is 15.3. The molecule has 3 saturated heterocycles. The van der Waals surface area contributed by atoms with Gasteiger partial charge in [0.1, 0.15) is 24.1 Å². The molecular formula is C31H31F2N5O8S. The lowest BCUT2D eigenvalue weighted by Crippen LogP contribution is -2.58. The quantitative estimate of drug-likeness (QED) is 0.424. The van der Waals surface area contributed by atoms with Crippen molar-refractivity contribution >= 4 is 50.7 Å². The molecule has 5 aliphatic rings. The zero-order chi connectivity index (χ0) is 33.5. The van der Waals surface area contributed by atoms with E-state index >= 15 is 4.39 Å². The predicted octanol–water partition coefficient (Wildman–Crippen LogP) is 0.343. The first-order chi connectivity index (χ1) is 22.2. The molecule has 47 heavy (non-hydrogen) atoms. The van der Waals surface area contributed by atoms with Gasteiger partial charge in [0.25, 0.3) is 11.8 Å². The molecule has 16 heteroatoms. The van der Waals surface area contributed by atoms with Crippen molar-refractivity contribution in [1.82, 2.24) is 15.1 Å². The van der Waals surface area contributed by atoms with Crippen LogP contribution in [0.5, 0.6) is 0 Å². The Bertz CT molecular complexity index is 1870. The van der Waals surface area contributed by atoms with E-state index in [1.165, 1.54) is 12.1 Å². The van der Waals surface area contributed by atoms with Gasteiger partial charge < -0.3 is 19.8 Å². The third kappa shape index (κ3) is 5.04. The number of anilines is 2. The number of piperazine rings is 1. The summed E-state index contributed by atoms with van der Waals surface area (Å²) in [6.45, 7) is 1.72. The summed E-state index contributed by atoms with van der Waals surface area (Å²) < 4.78 is 54.3. The molecule has 2 N–H and O–H groups in total. The number of hydrogen-bond donors (Lipinski definition) is 2. The lowest BCUT2D eigenvalue weighted by atomic mass is 9.95. The van der Waals surface area contributed by atoms with Crippen molar-refractivity contribution < 1.29 is 46.3 Å². The fourth-order valence-electron chi connectivity index (χ4n) is 7.26. The van der Waals surface area contributed by atoms with Crippen LogP contribution in [-0.2, 0) is 30.6 Å². The van der Waals surface area contributed by atoms with Crippen LogP contribution in [0.25, 0.3) is 0 Å². The van der Waals surface area contributed by atoms with Crippen LogP contribution < -0.4 is 15.1 Å². The number of hydrogen-bond acceptors (Lipinski definition) is 10. The second kappa shape index (κ2) is 11.1. The van der Waals surface area contributed by atoms with E-state index in [0.29, 0.717) is 24.3 Å². The van der Waals surface area contributed by atoms with Crippen LogP contribution in [0, 0.1) is 11.7 Å². The van der Waals surface area contributed by atoms with Gasteiger partial charge in [0.2, 0.25) is 17.7 Å². The fourth-order valence-corrected chi connectivity index (χ4v) is 8.21. The molecular weight excluding hydrogens is 640 g/mol. The number of piperidine rings is 1. The number of rotatable bonds is 5. The number of carbonyl (C=O) groups excluding carboxylic acids is 5. The maximum atomic E-state index is 15.3. The first kappa shape index (κ1) is 31.2. The summed E-state index contributed by atoms with van der Waals surface area (Å²) in [5, 5.41) is 12.5. The predicted molar refractivity (Wildman–Crippen MR) is 161 cm³/mol. The highest BCUT2D eigenvalue weighted by atomic mass is 32.2. The van der Waals surface area contributed by atoms with Crippen LogP contribution in [0.1, 0.15) is 50.8 Å². The van der Waals surface area contributed by atoms with Crippen LogP contribution in [0.4, 0.5) is 20.2 Å². The summed E-state index contributed by atoms with van der Waals surface area (Å²) in [6.07, 6.45) is -2.33. The number of benzene rings is 2. The highest BCUT2D eigenvalue weighted by Crippen LogP contribution is 2.44. The molecule has 3 fully saturated rings. The average Bonchev–Trinajstić information content (AvgIpc) is 3.42. The molecule has 4 heterocycles. The summed E-state index contributed by atoms with van der Waals surface area (Å²) in [5.74, 6) is -3.98. The van der Waals surface area contributed by atoms with Gasteiger partial charge in [-0.15, -0.1) is 0 Å². The van der Waals surface area contributed by atoms with Gasteiger partial charge in [0, 0.05) is 69.6 Å². The summed E-state index contributed by atoms with van der Waals surface area (Å²) in [6, 6.07) is 4.08. The number of aliphatic hydroxyl groups is 1. The topological polar surface area (TPSA) is 165 Å². The van der Waals surface area contributed by atoms with Gasteiger partial charge in [-0.25, -0.2) is 17.2 Å². The van der Waals surface area contributed by atoms with E-state index in [1.807, 2.05) is 4.90 Å². The molecule has 1 aliphatic carbocycles. The molecule has 0 aromatic heterocycles. The highest BCUT2D eigenvalue weighted by molar-refractivity contribution is 7.90. The fraction of sp³-hybridized carbons (Fsp3) is 0.452. The monoisotopic (exact) mass is 671 g/mol. The Labute approximate surface area is 268 Å². The standard InChI is InChI=1S/C31H31F2N5O8S/c1-47(45,46)24-4-2-21(18-11-20(33)27(40)26(18)24)37-13-15(14-37)29(42)36-8-6-35(7-9-36)23-12-17-16(10-19(23)32)30(43)38(31(17)44)22-3-5-25(39)34-28(22)41/h2,4,10,12,15,20,22,27,40H,3,5-9,11,13-14H2,1H3,(H,34,39,41)/t20?,22?,27-/m1/s1. The molecule has 5 amide bonds. The summed E-state index contributed by atoms with van der Waals surface area (Å²) in [5.41, 5.74) is 1.01. The number of fused-ring (bicyclic) bond motifs is 2. The van der Waals surface area contributed by atoms with Crippen molar-refractivity contribution in [3.05, 3.63) is 52.3 Å². The third-order valence-corrected chi connectivity index (χ3v) is 10.9. The van der Waals surface area contributed by atoms with E-state index in [2.05, 4.69) is 5.32 Å². The first-order valence-corrected chi connectivity index (χ1v) is 17.2. The Morgan fingerprint density at radius 1 is 0.957 bits per heavy atom. The molecule has 0 bridgehead atoms. The van der Waals surface area contributed by atoms with Crippen LogP contribution in [0.15, 0.2) is 29.2 Å². The Morgan fingerprint density at radius 3 is 2.26 bits per heavy atom. The Hall–Kier alpha value is -4.44. The van der Waals surface area contributed by atoms with Crippen LogP contribution in [0.3, 0.4) is 0 Å². The van der Waals surface area contributed by atoms with Gasteiger partial charge in [0.15, 0.2) is 9.84 Å². The van der Waals surface area contributed by atoms with E-state index < -0.39 is 57.6 Å². The van der Waals surface area contributed by atoms with Gasteiger partial charge in [-0.05, 0) is 36.2 Å². The minimum absolute atomic E-state index is 0.0148. The molecule has 7 rings (SSSR count). The van der Waals surface area contributed by atoms with Crippen LogP contribution >= 0.6 is 0 Å². The average molecular weight is 672 g/mol. The minimum atomic E-state index is -3.69. The second-order valence-electron chi connectivity index (χ2n) is 12.6. The normalized spacial score (nSPS) is 24.8. The lowest BCUT2D eigenvalue weighted by Gasteiger charge is -2.44. The molecule has 0 saturated carbocycles. The molecule has 2 aromatic carbocycles. The minimum Gasteiger partial charge on any atom is -0.385 e. The zero-order valence-corrected chi connectivity index (χ0v) is 26.1. The number of alkyl halides is 1. The highest BCUT2D eigenvalue weighted by Gasteiger charge is 2.46. The SMILES string of the molecule is CS(=O)(=O)c1ccc(N2CC(C(=O)N3CCN(c4cc5c(cc4F)C(=O)N(C4CCC(=O)NC4=O)C5=O)CC3)C2)c2c1[C@H](O)C(F)C2. The molecule has 248 valence electrons. The molecule has 13 nitrogen and oxygen atoms in total. The van der Waals surface area contributed by atoms with Gasteiger partial charge in [-0.2, -0.15) is 0 Å². The van der Waals surface area contributed by atoms with Crippen molar-refractivity contribution in [2.24, 2.45) is 5.92 Å².